The summed E-state index contributed by atoms with van der Waals surface area (Å²) in [7, 11) is 0. The van der Waals surface area contributed by atoms with Gasteiger partial charge in [-0.2, -0.15) is 0 Å². The Morgan fingerprint density at radius 3 is 2.59 bits per heavy atom. The largest absolute Gasteiger partial charge is 0.480 e. The van der Waals surface area contributed by atoms with E-state index in [1.807, 2.05) is 0 Å². The van der Waals surface area contributed by atoms with Crippen molar-refractivity contribution in [3.8, 4) is 11.5 Å². The molecule has 1 heterocycles. The van der Waals surface area contributed by atoms with E-state index < -0.39 is 23.7 Å². The van der Waals surface area contributed by atoms with Crippen LogP contribution in [0.2, 0.25) is 0 Å². The maximum absolute atomic E-state index is 11.6. The normalized spacial score (nSPS) is 14.3. The summed E-state index contributed by atoms with van der Waals surface area (Å²) in [6.07, 6.45) is -0.764. The van der Waals surface area contributed by atoms with Gasteiger partial charge in [-0.15, -0.1) is 0 Å². The van der Waals surface area contributed by atoms with Gasteiger partial charge in [0.15, 0.2) is 11.5 Å². The van der Waals surface area contributed by atoms with Crippen LogP contribution in [0.4, 0.5) is 4.79 Å². The first-order chi connectivity index (χ1) is 10.3. The minimum atomic E-state index is -1.16. The van der Waals surface area contributed by atoms with E-state index in [0.29, 0.717) is 17.1 Å². The molecule has 1 amide bonds. The molecule has 0 bridgehead atoms. The quantitative estimate of drug-likeness (QED) is 0.725. The number of carbonyl (C=O) groups is 2. The summed E-state index contributed by atoms with van der Waals surface area (Å²) in [5.74, 6) is -0.147. The van der Waals surface area contributed by atoms with Crippen molar-refractivity contribution >= 4 is 12.1 Å². The van der Waals surface area contributed by atoms with E-state index in [-0.39, 0.29) is 6.79 Å². The SMILES string of the molecule is CC(C)(C)OC(=O)NNC(C(=O)O)c1ccc2c(c1)OCO2. The molecule has 2 rings (SSSR count). The molecule has 120 valence electrons. The topological polar surface area (TPSA) is 106 Å². The molecule has 1 aromatic rings. The monoisotopic (exact) mass is 310 g/mol. The van der Waals surface area contributed by atoms with Gasteiger partial charge >= 0.3 is 12.1 Å². The Morgan fingerprint density at radius 1 is 1.27 bits per heavy atom. The Labute approximate surface area is 127 Å². The van der Waals surface area contributed by atoms with E-state index in [0.717, 1.165) is 0 Å². The van der Waals surface area contributed by atoms with Gasteiger partial charge in [0.25, 0.3) is 0 Å². The van der Waals surface area contributed by atoms with Crippen molar-refractivity contribution < 1.29 is 28.9 Å². The molecule has 0 saturated heterocycles. The van der Waals surface area contributed by atoms with Gasteiger partial charge in [0.2, 0.25) is 6.79 Å². The van der Waals surface area contributed by atoms with Gasteiger partial charge in [0.05, 0.1) is 0 Å². The molecule has 0 radical (unpaired) electrons. The number of hydrogen-bond acceptors (Lipinski definition) is 6. The van der Waals surface area contributed by atoms with Crippen LogP contribution in [0.5, 0.6) is 11.5 Å². The van der Waals surface area contributed by atoms with E-state index in [4.69, 9.17) is 14.2 Å². The second-order valence-electron chi connectivity index (χ2n) is 5.66. The van der Waals surface area contributed by atoms with Gasteiger partial charge in [-0.25, -0.2) is 10.2 Å². The van der Waals surface area contributed by atoms with Crippen molar-refractivity contribution in [1.82, 2.24) is 10.9 Å². The lowest BCUT2D eigenvalue weighted by molar-refractivity contribution is -0.139. The van der Waals surface area contributed by atoms with E-state index in [9.17, 15) is 14.7 Å². The maximum Gasteiger partial charge on any atom is 0.422 e. The lowest BCUT2D eigenvalue weighted by Crippen LogP contribution is -2.45. The first-order valence-corrected chi connectivity index (χ1v) is 6.63. The smallest absolute Gasteiger partial charge is 0.422 e. The van der Waals surface area contributed by atoms with Crippen molar-refractivity contribution in [3.63, 3.8) is 0 Å². The first-order valence-electron chi connectivity index (χ1n) is 6.63. The Balaban J connectivity index is 2.04. The molecule has 1 unspecified atom stereocenters. The Kier molecular flexibility index (Phi) is 4.41. The third-order valence-electron chi connectivity index (χ3n) is 2.69. The molecule has 8 nitrogen and oxygen atoms in total. The van der Waals surface area contributed by atoms with Crippen molar-refractivity contribution in [1.29, 1.82) is 0 Å². The Morgan fingerprint density at radius 2 is 1.95 bits per heavy atom. The predicted molar refractivity (Wildman–Crippen MR) is 75.4 cm³/mol. The second kappa shape index (κ2) is 6.10. The van der Waals surface area contributed by atoms with Crippen LogP contribution < -0.4 is 20.3 Å². The molecule has 8 heteroatoms. The third kappa shape index (κ3) is 4.01. The van der Waals surface area contributed by atoms with Crippen LogP contribution in [-0.4, -0.2) is 29.6 Å². The van der Waals surface area contributed by atoms with Crippen molar-refractivity contribution in [2.24, 2.45) is 0 Å². The Hall–Kier alpha value is -2.48. The number of carbonyl (C=O) groups excluding carboxylic acids is 1. The summed E-state index contributed by atoms with van der Waals surface area (Å²) in [6, 6.07) is 3.59. The van der Waals surface area contributed by atoms with Gasteiger partial charge < -0.3 is 19.3 Å². The van der Waals surface area contributed by atoms with Crippen LogP contribution in [0.1, 0.15) is 32.4 Å². The molecule has 0 aromatic heterocycles. The fourth-order valence-corrected chi connectivity index (χ4v) is 1.82. The fraction of sp³-hybridized carbons (Fsp3) is 0.429. The number of fused-ring (bicyclic) bond motifs is 1. The van der Waals surface area contributed by atoms with Crippen LogP contribution in [0.15, 0.2) is 18.2 Å². The van der Waals surface area contributed by atoms with E-state index in [1.165, 1.54) is 0 Å². The Bertz CT molecular complexity index is 581. The number of ether oxygens (including phenoxy) is 3. The zero-order valence-electron chi connectivity index (χ0n) is 12.5. The molecule has 0 saturated carbocycles. The highest BCUT2D eigenvalue weighted by molar-refractivity contribution is 5.77. The van der Waals surface area contributed by atoms with Crippen LogP contribution in [0.3, 0.4) is 0 Å². The highest BCUT2D eigenvalue weighted by Gasteiger charge is 2.24. The van der Waals surface area contributed by atoms with Gasteiger partial charge in [0.1, 0.15) is 11.6 Å². The molecule has 0 aliphatic carbocycles. The molecule has 22 heavy (non-hydrogen) atoms. The number of carboxylic acids is 1. The number of amides is 1. The van der Waals surface area contributed by atoms with Crippen molar-refractivity contribution in [2.75, 3.05) is 6.79 Å². The minimum Gasteiger partial charge on any atom is -0.480 e. The molecular formula is C14H18N2O6. The molecule has 0 spiro atoms. The van der Waals surface area contributed by atoms with Gasteiger partial charge in [0, 0.05) is 0 Å². The molecular weight excluding hydrogens is 292 g/mol. The zero-order valence-corrected chi connectivity index (χ0v) is 12.5. The number of benzene rings is 1. The number of aliphatic carboxylic acids is 1. The number of hydrazine groups is 1. The third-order valence-corrected chi connectivity index (χ3v) is 2.69. The van der Waals surface area contributed by atoms with Gasteiger partial charge in [-0.3, -0.25) is 10.2 Å². The summed E-state index contributed by atoms with van der Waals surface area (Å²) in [4.78, 5) is 22.9. The summed E-state index contributed by atoms with van der Waals surface area (Å²) in [5.41, 5.74) is 4.38. The molecule has 0 fully saturated rings. The summed E-state index contributed by atoms with van der Waals surface area (Å²) < 4.78 is 15.4. The number of carboxylic acid groups (broad SMARTS) is 1. The molecule has 1 atom stereocenters. The average molecular weight is 310 g/mol. The lowest BCUT2D eigenvalue weighted by atomic mass is 10.1. The van der Waals surface area contributed by atoms with Crippen molar-refractivity contribution in [3.05, 3.63) is 23.8 Å². The maximum atomic E-state index is 11.6. The lowest BCUT2D eigenvalue weighted by Gasteiger charge is -2.21. The van der Waals surface area contributed by atoms with Gasteiger partial charge in [-0.05, 0) is 38.5 Å². The van der Waals surface area contributed by atoms with Crippen LogP contribution in [0.25, 0.3) is 0 Å². The number of hydrogen-bond donors (Lipinski definition) is 3. The highest BCUT2D eigenvalue weighted by atomic mass is 16.7. The average Bonchev–Trinajstić information content (AvgIpc) is 2.83. The van der Waals surface area contributed by atoms with Crippen LogP contribution in [0, 0.1) is 0 Å². The minimum absolute atomic E-state index is 0.0973. The number of rotatable bonds is 4. The van der Waals surface area contributed by atoms with E-state index in [1.54, 1.807) is 39.0 Å². The summed E-state index contributed by atoms with van der Waals surface area (Å²) >= 11 is 0. The van der Waals surface area contributed by atoms with Gasteiger partial charge in [-0.1, -0.05) is 6.07 Å². The van der Waals surface area contributed by atoms with Crippen molar-refractivity contribution in [2.45, 2.75) is 32.4 Å². The number of nitrogens with one attached hydrogen (secondary N) is 2. The first kappa shape index (κ1) is 15.9. The van der Waals surface area contributed by atoms with E-state index in [2.05, 4.69) is 10.9 Å². The standard InChI is InChI=1S/C14H18N2O6/c1-14(2,3)22-13(19)16-15-11(12(17)18)8-4-5-9-10(6-8)21-7-20-9/h4-6,11,15H,7H2,1-3H3,(H,16,19)(H,17,18). The summed E-state index contributed by atoms with van der Waals surface area (Å²) in [6.45, 7) is 5.22. The zero-order chi connectivity index (χ0) is 16.3. The molecule has 1 aromatic carbocycles. The van der Waals surface area contributed by atoms with Crippen LogP contribution >= 0.6 is 0 Å². The van der Waals surface area contributed by atoms with E-state index >= 15 is 0 Å². The predicted octanol–water partition coefficient (Wildman–Crippen LogP) is 1.57. The second-order valence-corrected chi connectivity index (χ2v) is 5.66. The molecule has 1 aliphatic heterocycles. The summed E-state index contributed by atoms with van der Waals surface area (Å²) in [5, 5.41) is 9.29. The molecule has 3 N–H and O–H groups in total. The fourth-order valence-electron chi connectivity index (χ4n) is 1.82. The van der Waals surface area contributed by atoms with Crippen LogP contribution in [-0.2, 0) is 9.53 Å². The molecule has 1 aliphatic rings. The highest BCUT2D eigenvalue weighted by Crippen LogP contribution is 2.34.